The molecule has 0 bridgehead atoms. The molecule has 2 aromatic rings. The second kappa shape index (κ2) is 7.38. The van der Waals surface area contributed by atoms with Crippen LogP contribution < -0.4 is 10.1 Å². The third-order valence-corrected chi connectivity index (χ3v) is 3.33. The van der Waals surface area contributed by atoms with Crippen molar-refractivity contribution >= 4 is 11.6 Å². The Morgan fingerprint density at radius 3 is 2.86 bits per heavy atom. The monoisotopic (exact) mass is 308 g/mol. The van der Waals surface area contributed by atoms with Gasteiger partial charge in [-0.3, -0.25) is 4.98 Å². The van der Waals surface area contributed by atoms with Crippen LogP contribution in [0.5, 0.6) is 5.75 Å². The lowest BCUT2D eigenvalue weighted by Gasteiger charge is -2.18. The Morgan fingerprint density at radius 1 is 1.33 bits per heavy atom. The summed E-state index contributed by atoms with van der Waals surface area (Å²) in [5, 5.41) is 3.59. The Morgan fingerprint density at radius 2 is 2.14 bits per heavy atom. The summed E-state index contributed by atoms with van der Waals surface area (Å²) in [5.74, 6) is 0.371. The molecule has 0 spiro atoms. The van der Waals surface area contributed by atoms with Crippen molar-refractivity contribution in [3.63, 3.8) is 0 Å². The Labute approximate surface area is 129 Å². The van der Waals surface area contributed by atoms with E-state index in [1.807, 2.05) is 13.0 Å². The average molecular weight is 309 g/mol. The Hall–Kier alpha value is -1.65. The molecule has 112 valence electrons. The van der Waals surface area contributed by atoms with E-state index in [1.165, 1.54) is 12.1 Å². The molecule has 5 heteroatoms. The topological polar surface area (TPSA) is 34.1 Å². The summed E-state index contributed by atoms with van der Waals surface area (Å²) in [5.41, 5.74) is 1.31. The molecular formula is C16H18ClFN2O. The maximum absolute atomic E-state index is 14.0. The molecule has 0 aliphatic heterocycles. The van der Waals surface area contributed by atoms with Gasteiger partial charge in [0.1, 0.15) is 11.6 Å². The first-order valence-corrected chi connectivity index (χ1v) is 7.23. The summed E-state index contributed by atoms with van der Waals surface area (Å²) in [6.45, 7) is 2.66. The molecule has 0 fully saturated rings. The first kappa shape index (κ1) is 15.7. The predicted octanol–water partition coefficient (Wildman–Crippen LogP) is 3.97. The summed E-state index contributed by atoms with van der Waals surface area (Å²) in [7, 11) is 1.77. The summed E-state index contributed by atoms with van der Waals surface area (Å²) < 4.78 is 19.6. The molecule has 0 radical (unpaired) electrons. The van der Waals surface area contributed by atoms with E-state index in [2.05, 4.69) is 10.3 Å². The second-order valence-electron chi connectivity index (χ2n) is 4.69. The molecule has 1 aromatic heterocycles. The lowest BCUT2D eigenvalue weighted by Crippen LogP contribution is -2.19. The highest BCUT2D eigenvalue weighted by atomic mass is 35.5. The van der Waals surface area contributed by atoms with Gasteiger partial charge in [0.15, 0.2) is 0 Å². The molecule has 0 amide bonds. The molecule has 2 rings (SSSR count). The fourth-order valence-corrected chi connectivity index (χ4v) is 2.31. The molecule has 1 N–H and O–H groups in total. The highest BCUT2D eigenvalue weighted by Crippen LogP contribution is 2.28. The van der Waals surface area contributed by atoms with E-state index in [4.69, 9.17) is 16.3 Å². The molecule has 0 saturated carbocycles. The van der Waals surface area contributed by atoms with Crippen molar-refractivity contribution in [1.82, 2.24) is 10.3 Å². The van der Waals surface area contributed by atoms with Gasteiger partial charge < -0.3 is 10.1 Å². The molecule has 21 heavy (non-hydrogen) atoms. The van der Waals surface area contributed by atoms with E-state index in [0.29, 0.717) is 22.9 Å². The summed E-state index contributed by atoms with van der Waals surface area (Å²) in [6, 6.07) is 6.06. The molecular weight excluding hydrogens is 291 g/mol. The summed E-state index contributed by atoms with van der Waals surface area (Å²) in [4.78, 5) is 4.16. The minimum atomic E-state index is -0.332. The van der Waals surface area contributed by atoms with E-state index in [1.54, 1.807) is 25.5 Å². The van der Waals surface area contributed by atoms with Crippen LogP contribution in [-0.2, 0) is 0 Å². The largest absolute Gasteiger partial charge is 0.492 e. The van der Waals surface area contributed by atoms with Gasteiger partial charge in [-0.1, -0.05) is 18.5 Å². The molecule has 1 aromatic carbocycles. The normalized spacial score (nSPS) is 12.2. The van der Waals surface area contributed by atoms with Crippen LogP contribution in [-0.4, -0.2) is 18.6 Å². The van der Waals surface area contributed by atoms with Crippen molar-refractivity contribution in [1.29, 1.82) is 0 Å². The number of rotatable bonds is 6. The number of pyridine rings is 1. The van der Waals surface area contributed by atoms with Crippen LogP contribution >= 0.6 is 11.6 Å². The Balaban J connectivity index is 2.34. The molecule has 0 aliphatic rings. The minimum Gasteiger partial charge on any atom is -0.492 e. The molecule has 3 nitrogen and oxygen atoms in total. The van der Waals surface area contributed by atoms with Crippen molar-refractivity contribution in [3.8, 4) is 5.75 Å². The van der Waals surface area contributed by atoms with Crippen LogP contribution in [0, 0.1) is 5.82 Å². The SMILES string of the molecule is CCCOc1cncc(C(NC)c2cc(Cl)ccc2F)c1. The van der Waals surface area contributed by atoms with Crippen molar-refractivity contribution in [3.05, 3.63) is 58.6 Å². The average Bonchev–Trinajstić information content (AvgIpc) is 2.50. The number of hydrogen-bond acceptors (Lipinski definition) is 3. The van der Waals surface area contributed by atoms with Gasteiger partial charge in [0.2, 0.25) is 0 Å². The number of hydrogen-bond donors (Lipinski definition) is 1. The zero-order valence-electron chi connectivity index (χ0n) is 12.1. The van der Waals surface area contributed by atoms with Gasteiger partial charge in [-0.05, 0) is 43.3 Å². The van der Waals surface area contributed by atoms with Crippen LogP contribution in [0.3, 0.4) is 0 Å². The maximum Gasteiger partial charge on any atom is 0.137 e. The van der Waals surface area contributed by atoms with E-state index < -0.39 is 0 Å². The Kier molecular flexibility index (Phi) is 5.53. The molecule has 1 unspecified atom stereocenters. The number of benzene rings is 1. The van der Waals surface area contributed by atoms with Gasteiger partial charge in [-0.15, -0.1) is 0 Å². The van der Waals surface area contributed by atoms with Gasteiger partial charge in [0.05, 0.1) is 18.8 Å². The van der Waals surface area contributed by atoms with E-state index in [0.717, 1.165) is 12.0 Å². The lowest BCUT2D eigenvalue weighted by atomic mass is 9.99. The van der Waals surface area contributed by atoms with Gasteiger partial charge in [-0.25, -0.2) is 4.39 Å². The zero-order valence-corrected chi connectivity index (χ0v) is 12.8. The smallest absolute Gasteiger partial charge is 0.137 e. The number of aromatic nitrogens is 1. The van der Waals surface area contributed by atoms with Gasteiger partial charge in [0.25, 0.3) is 0 Å². The van der Waals surface area contributed by atoms with E-state index in [-0.39, 0.29) is 11.9 Å². The number of halogens is 2. The van der Waals surface area contributed by atoms with Crippen molar-refractivity contribution in [2.24, 2.45) is 0 Å². The molecule has 0 saturated heterocycles. The van der Waals surface area contributed by atoms with Gasteiger partial charge in [0, 0.05) is 16.8 Å². The highest BCUT2D eigenvalue weighted by molar-refractivity contribution is 6.30. The highest BCUT2D eigenvalue weighted by Gasteiger charge is 2.17. The standard InChI is InChI=1S/C16H18ClFN2O/c1-3-6-21-13-7-11(9-20-10-13)16(19-2)14-8-12(17)4-5-15(14)18/h4-5,7-10,16,19H,3,6H2,1-2H3. The molecule has 0 aliphatic carbocycles. The third-order valence-electron chi connectivity index (χ3n) is 3.10. The second-order valence-corrected chi connectivity index (χ2v) is 5.13. The molecule has 1 atom stereocenters. The quantitative estimate of drug-likeness (QED) is 0.876. The first-order chi connectivity index (χ1) is 10.2. The number of nitrogens with zero attached hydrogens (tertiary/aromatic N) is 1. The predicted molar refractivity (Wildman–Crippen MR) is 82.3 cm³/mol. The fraction of sp³-hybridized carbons (Fsp3) is 0.312. The van der Waals surface area contributed by atoms with Crippen LogP contribution in [0.1, 0.15) is 30.5 Å². The van der Waals surface area contributed by atoms with Crippen LogP contribution in [0.15, 0.2) is 36.7 Å². The van der Waals surface area contributed by atoms with Gasteiger partial charge >= 0.3 is 0 Å². The lowest BCUT2D eigenvalue weighted by molar-refractivity contribution is 0.315. The fourth-order valence-electron chi connectivity index (χ4n) is 2.13. The van der Waals surface area contributed by atoms with Crippen LogP contribution in [0.2, 0.25) is 5.02 Å². The van der Waals surface area contributed by atoms with Crippen LogP contribution in [0.25, 0.3) is 0 Å². The van der Waals surface area contributed by atoms with Crippen LogP contribution in [0.4, 0.5) is 4.39 Å². The van der Waals surface area contributed by atoms with E-state index >= 15 is 0 Å². The molecule has 1 heterocycles. The van der Waals surface area contributed by atoms with Crippen molar-refractivity contribution in [2.45, 2.75) is 19.4 Å². The van der Waals surface area contributed by atoms with Crippen molar-refractivity contribution in [2.75, 3.05) is 13.7 Å². The zero-order chi connectivity index (χ0) is 15.2. The van der Waals surface area contributed by atoms with E-state index in [9.17, 15) is 4.39 Å². The third kappa shape index (κ3) is 3.93. The Bertz CT molecular complexity index is 607. The first-order valence-electron chi connectivity index (χ1n) is 6.85. The minimum absolute atomic E-state index is 0.307. The maximum atomic E-state index is 14.0. The summed E-state index contributed by atoms with van der Waals surface area (Å²) >= 11 is 5.97. The summed E-state index contributed by atoms with van der Waals surface area (Å²) in [6.07, 6.45) is 4.27. The van der Waals surface area contributed by atoms with Gasteiger partial charge in [-0.2, -0.15) is 0 Å². The van der Waals surface area contributed by atoms with Crippen molar-refractivity contribution < 1.29 is 9.13 Å². The number of nitrogens with one attached hydrogen (secondary N) is 1. The number of ether oxygens (including phenoxy) is 1.